The van der Waals surface area contributed by atoms with Crippen LogP contribution < -0.4 is 0 Å². The lowest BCUT2D eigenvalue weighted by Crippen LogP contribution is -2.04. The van der Waals surface area contributed by atoms with Crippen molar-refractivity contribution in [2.45, 2.75) is 6.92 Å². The van der Waals surface area contributed by atoms with Gasteiger partial charge in [0.2, 0.25) is 0 Å². The van der Waals surface area contributed by atoms with Gasteiger partial charge in [0.05, 0.1) is 0 Å². The van der Waals surface area contributed by atoms with E-state index in [-0.39, 0.29) is 5.69 Å². The fourth-order valence-electron chi connectivity index (χ4n) is 1.99. The first kappa shape index (κ1) is 11.0. The molecule has 1 N–H and O–H groups in total. The molecular formula is C13H10N2O2S. The van der Waals surface area contributed by atoms with Crippen molar-refractivity contribution in [2.24, 2.45) is 0 Å². The van der Waals surface area contributed by atoms with Gasteiger partial charge in [0, 0.05) is 16.6 Å². The molecule has 0 bridgehead atoms. The maximum absolute atomic E-state index is 11.5. The number of hydrogen-bond acceptors (Lipinski definition) is 3. The molecule has 0 radical (unpaired) electrons. The second kappa shape index (κ2) is 3.96. The van der Waals surface area contributed by atoms with Crippen molar-refractivity contribution < 1.29 is 9.90 Å². The first-order valence-electron chi connectivity index (χ1n) is 5.43. The summed E-state index contributed by atoms with van der Waals surface area (Å²) >= 11 is 1.45. The first-order chi connectivity index (χ1) is 8.68. The van der Waals surface area contributed by atoms with Gasteiger partial charge in [0.25, 0.3) is 0 Å². The van der Waals surface area contributed by atoms with E-state index in [2.05, 4.69) is 4.98 Å². The van der Waals surface area contributed by atoms with E-state index < -0.39 is 5.97 Å². The molecule has 90 valence electrons. The highest BCUT2D eigenvalue weighted by Crippen LogP contribution is 2.28. The van der Waals surface area contributed by atoms with Crippen LogP contribution in [-0.2, 0) is 0 Å². The number of carboxylic acids is 1. The van der Waals surface area contributed by atoms with Crippen LogP contribution in [0.5, 0.6) is 0 Å². The standard InChI is InChI=1S/C13H10N2O2S/c1-8-7-18-13-14-10(9-5-3-2-4-6-9)11(12(16)17)15(8)13/h2-7H,1H3,(H,16,17). The van der Waals surface area contributed by atoms with E-state index >= 15 is 0 Å². The van der Waals surface area contributed by atoms with Gasteiger partial charge in [0.15, 0.2) is 10.7 Å². The van der Waals surface area contributed by atoms with Crippen molar-refractivity contribution in [1.82, 2.24) is 9.38 Å². The maximum Gasteiger partial charge on any atom is 0.355 e. The Balaban J connectivity index is 2.36. The van der Waals surface area contributed by atoms with Crippen LogP contribution in [0.1, 0.15) is 16.2 Å². The Labute approximate surface area is 107 Å². The van der Waals surface area contributed by atoms with Gasteiger partial charge in [-0.3, -0.25) is 4.40 Å². The first-order valence-corrected chi connectivity index (χ1v) is 6.31. The summed E-state index contributed by atoms with van der Waals surface area (Å²) < 4.78 is 1.69. The molecule has 4 nitrogen and oxygen atoms in total. The van der Waals surface area contributed by atoms with E-state index in [0.29, 0.717) is 10.7 Å². The molecule has 0 aliphatic heterocycles. The van der Waals surface area contributed by atoms with Crippen molar-refractivity contribution in [2.75, 3.05) is 0 Å². The number of aromatic carboxylic acids is 1. The molecule has 3 rings (SSSR count). The van der Waals surface area contributed by atoms with Crippen LogP contribution in [0.25, 0.3) is 16.2 Å². The van der Waals surface area contributed by atoms with E-state index in [9.17, 15) is 9.90 Å². The molecule has 0 saturated heterocycles. The third-order valence-electron chi connectivity index (χ3n) is 2.78. The van der Waals surface area contributed by atoms with Crippen LogP contribution in [0.4, 0.5) is 0 Å². The zero-order valence-electron chi connectivity index (χ0n) is 9.62. The van der Waals surface area contributed by atoms with E-state index in [4.69, 9.17) is 0 Å². The molecule has 0 atom stereocenters. The third kappa shape index (κ3) is 1.52. The van der Waals surface area contributed by atoms with Crippen molar-refractivity contribution in [3.8, 4) is 11.3 Å². The van der Waals surface area contributed by atoms with Crippen LogP contribution in [0, 0.1) is 6.92 Å². The second-order valence-corrected chi connectivity index (χ2v) is 4.81. The van der Waals surface area contributed by atoms with Gasteiger partial charge in [-0.2, -0.15) is 0 Å². The molecule has 0 spiro atoms. The number of fused-ring (bicyclic) bond motifs is 1. The Morgan fingerprint density at radius 3 is 2.72 bits per heavy atom. The average molecular weight is 258 g/mol. The van der Waals surface area contributed by atoms with Crippen molar-refractivity contribution in [1.29, 1.82) is 0 Å². The fourth-order valence-corrected chi connectivity index (χ4v) is 2.86. The summed E-state index contributed by atoms with van der Waals surface area (Å²) in [5.74, 6) is -0.956. The quantitative estimate of drug-likeness (QED) is 0.768. The summed E-state index contributed by atoms with van der Waals surface area (Å²) in [7, 11) is 0. The van der Waals surface area contributed by atoms with Crippen LogP contribution in [0.2, 0.25) is 0 Å². The summed E-state index contributed by atoms with van der Waals surface area (Å²) in [5, 5.41) is 11.3. The summed E-state index contributed by atoms with van der Waals surface area (Å²) in [6.45, 7) is 1.88. The van der Waals surface area contributed by atoms with Gasteiger partial charge in [-0.05, 0) is 6.92 Å². The summed E-state index contributed by atoms with van der Waals surface area (Å²) in [6, 6.07) is 9.39. The number of aryl methyl sites for hydroxylation is 1. The van der Waals surface area contributed by atoms with Gasteiger partial charge in [0.1, 0.15) is 5.69 Å². The average Bonchev–Trinajstić information content (AvgIpc) is 2.91. The molecular weight excluding hydrogens is 248 g/mol. The molecule has 1 aromatic carbocycles. The number of carboxylic acid groups (broad SMARTS) is 1. The molecule has 0 unspecified atom stereocenters. The number of nitrogens with zero attached hydrogens (tertiary/aromatic N) is 2. The van der Waals surface area contributed by atoms with Gasteiger partial charge in [-0.1, -0.05) is 30.3 Å². The zero-order valence-corrected chi connectivity index (χ0v) is 10.4. The Hall–Kier alpha value is -2.14. The molecule has 0 amide bonds. The Kier molecular flexibility index (Phi) is 2.41. The largest absolute Gasteiger partial charge is 0.476 e. The Morgan fingerprint density at radius 1 is 1.33 bits per heavy atom. The minimum Gasteiger partial charge on any atom is -0.476 e. The van der Waals surface area contributed by atoms with Crippen molar-refractivity contribution in [3.05, 3.63) is 47.1 Å². The number of rotatable bonds is 2. The molecule has 5 heteroatoms. The number of thiazole rings is 1. The number of aromatic nitrogens is 2. The van der Waals surface area contributed by atoms with Crippen LogP contribution in [0.15, 0.2) is 35.7 Å². The number of imidazole rings is 1. The summed E-state index contributed by atoms with van der Waals surface area (Å²) in [4.78, 5) is 16.6. The summed E-state index contributed by atoms with van der Waals surface area (Å²) in [5.41, 5.74) is 2.47. The Bertz CT molecular complexity index is 728. The summed E-state index contributed by atoms with van der Waals surface area (Å²) in [6.07, 6.45) is 0. The highest BCUT2D eigenvalue weighted by molar-refractivity contribution is 7.15. The molecule has 2 heterocycles. The predicted molar refractivity (Wildman–Crippen MR) is 70.2 cm³/mol. The number of hydrogen-bond donors (Lipinski definition) is 1. The molecule has 0 aliphatic carbocycles. The predicted octanol–water partition coefficient (Wildman–Crippen LogP) is 3.07. The van der Waals surface area contributed by atoms with Gasteiger partial charge in [-0.15, -0.1) is 11.3 Å². The van der Waals surface area contributed by atoms with Gasteiger partial charge < -0.3 is 5.11 Å². The van der Waals surface area contributed by atoms with Crippen molar-refractivity contribution in [3.63, 3.8) is 0 Å². The van der Waals surface area contributed by atoms with Gasteiger partial charge in [-0.25, -0.2) is 9.78 Å². The lowest BCUT2D eigenvalue weighted by molar-refractivity contribution is 0.0690. The van der Waals surface area contributed by atoms with Crippen molar-refractivity contribution >= 4 is 22.3 Å². The molecule has 0 saturated carbocycles. The third-order valence-corrected chi connectivity index (χ3v) is 3.73. The van der Waals surface area contributed by atoms with E-state index in [0.717, 1.165) is 11.3 Å². The normalized spacial score (nSPS) is 10.9. The van der Waals surface area contributed by atoms with Crippen LogP contribution >= 0.6 is 11.3 Å². The number of benzene rings is 1. The Morgan fingerprint density at radius 2 is 2.06 bits per heavy atom. The lowest BCUT2D eigenvalue weighted by atomic mass is 10.1. The van der Waals surface area contributed by atoms with E-state index in [1.165, 1.54) is 11.3 Å². The highest BCUT2D eigenvalue weighted by Gasteiger charge is 2.21. The zero-order chi connectivity index (χ0) is 12.7. The fraction of sp³-hybridized carbons (Fsp3) is 0.0769. The second-order valence-electron chi connectivity index (χ2n) is 3.98. The minimum atomic E-state index is -0.956. The SMILES string of the molecule is Cc1csc2nc(-c3ccccc3)c(C(=O)O)n12. The molecule has 0 aliphatic rings. The molecule has 0 fully saturated rings. The number of carbonyl (C=O) groups is 1. The van der Waals surface area contributed by atoms with Crippen LogP contribution in [0.3, 0.4) is 0 Å². The monoisotopic (exact) mass is 258 g/mol. The molecule has 18 heavy (non-hydrogen) atoms. The smallest absolute Gasteiger partial charge is 0.355 e. The topological polar surface area (TPSA) is 54.6 Å². The lowest BCUT2D eigenvalue weighted by Gasteiger charge is -2.00. The highest BCUT2D eigenvalue weighted by atomic mass is 32.1. The minimum absolute atomic E-state index is 0.231. The molecule has 2 aromatic heterocycles. The maximum atomic E-state index is 11.5. The van der Waals surface area contributed by atoms with Crippen LogP contribution in [-0.4, -0.2) is 20.5 Å². The van der Waals surface area contributed by atoms with E-state index in [1.807, 2.05) is 42.6 Å². The van der Waals surface area contributed by atoms with E-state index in [1.54, 1.807) is 4.40 Å². The molecule has 3 aromatic rings. The van der Waals surface area contributed by atoms with Gasteiger partial charge >= 0.3 is 5.97 Å².